The van der Waals surface area contributed by atoms with E-state index in [0.29, 0.717) is 5.92 Å². The van der Waals surface area contributed by atoms with Crippen LogP contribution in [0.3, 0.4) is 0 Å². The Bertz CT molecular complexity index is 2900. The number of hydrogen-bond acceptors (Lipinski definition) is 2. The van der Waals surface area contributed by atoms with Crippen molar-refractivity contribution in [2.45, 2.75) is 64.2 Å². The molecule has 0 amide bonds. The second-order valence-electron chi connectivity index (χ2n) is 17.1. The van der Waals surface area contributed by atoms with Crippen LogP contribution in [0.2, 0.25) is 0 Å². The van der Waals surface area contributed by atoms with E-state index in [1.165, 1.54) is 119 Å². The Morgan fingerprint density at radius 2 is 1.14 bits per heavy atom. The normalized spacial score (nSPS) is 13.7. The molecule has 0 N–H and O–H groups in total. The molecule has 1 fully saturated rings. The predicted molar refractivity (Wildman–Crippen MR) is 252 cm³/mol. The molecule has 58 heavy (non-hydrogen) atoms. The third-order valence-electron chi connectivity index (χ3n) is 12.4. The van der Waals surface area contributed by atoms with Gasteiger partial charge in [0.1, 0.15) is 0 Å². The summed E-state index contributed by atoms with van der Waals surface area (Å²) in [7, 11) is 0. The second-order valence-corrected chi connectivity index (χ2v) is 18.2. The lowest BCUT2D eigenvalue weighted by Crippen LogP contribution is -2.15. The fourth-order valence-corrected chi connectivity index (χ4v) is 10.7. The summed E-state index contributed by atoms with van der Waals surface area (Å²) in [6, 6.07) is 66.0. The van der Waals surface area contributed by atoms with Crippen LogP contribution >= 0.6 is 11.3 Å². The quantitative estimate of drug-likeness (QED) is 0.156. The molecule has 1 aliphatic carbocycles. The third kappa shape index (κ3) is 6.60. The second kappa shape index (κ2) is 15.1. The topological polar surface area (TPSA) is 3.24 Å². The van der Waals surface area contributed by atoms with E-state index >= 15 is 0 Å². The summed E-state index contributed by atoms with van der Waals surface area (Å²) in [6.07, 6.45) is 6.51. The summed E-state index contributed by atoms with van der Waals surface area (Å²) in [5, 5.41) is 5.38. The molecular weight excluding hydrogens is 719 g/mol. The van der Waals surface area contributed by atoms with Gasteiger partial charge in [-0.2, -0.15) is 0 Å². The number of para-hydroxylation sites is 1. The van der Waals surface area contributed by atoms with Gasteiger partial charge < -0.3 is 4.90 Å². The van der Waals surface area contributed by atoms with Gasteiger partial charge in [0.2, 0.25) is 0 Å². The summed E-state index contributed by atoms with van der Waals surface area (Å²) in [5.41, 5.74) is 13.8. The average Bonchev–Trinajstić information content (AvgIpc) is 3.66. The van der Waals surface area contributed by atoms with E-state index in [0.717, 1.165) is 5.69 Å². The van der Waals surface area contributed by atoms with Gasteiger partial charge in [-0.25, -0.2) is 0 Å². The highest BCUT2D eigenvalue weighted by atomic mass is 32.1. The van der Waals surface area contributed by atoms with E-state index in [2.05, 4.69) is 202 Å². The Morgan fingerprint density at radius 3 is 1.95 bits per heavy atom. The Labute approximate surface area is 347 Å². The maximum Gasteiger partial charge on any atom is 0.0540 e. The van der Waals surface area contributed by atoms with Gasteiger partial charge in [0.05, 0.1) is 11.4 Å². The molecule has 1 aromatic heterocycles. The van der Waals surface area contributed by atoms with Crippen molar-refractivity contribution in [2.75, 3.05) is 4.90 Å². The lowest BCUT2D eigenvalue weighted by atomic mass is 9.80. The lowest BCUT2D eigenvalue weighted by Gasteiger charge is -2.32. The molecule has 0 aliphatic heterocycles. The monoisotopic (exact) mass is 767 g/mol. The van der Waals surface area contributed by atoms with Crippen molar-refractivity contribution < 1.29 is 0 Å². The number of benzene rings is 8. The molecule has 0 atom stereocenters. The molecule has 284 valence electrons. The Balaban J connectivity index is 1.20. The smallest absolute Gasteiger partial charge is 0.0540 e. The Hall–Kier alpha value is -5.96. The maximum atomic E-state index is 2.52. The van der Waals surface area contributed by atoms with E-state index in [1.807, 2.05) is 11.3 Å². The minimum absolute atomic E-state index is 0.00145. The van der Waals surface area contributed by atoms with Crippen LogP contribution in [0.15, 0.2) is 176 Å². The average molecular weight is 768 g/mol. The zero-order valence-electron chi connectivity index (χ0n) is 33.7. The van der Waals surface area contributed by atoms with Crippen molar-refractivity contribution in [3.05, 3.63) is 187 Å². The molecule has 8 aromatic carbocycles. The van der Waals surface area contributed by atoms with Crippen molar-refractivity contribution in [3.63, 3.8) is 0 Å². The minimum atomic E-state index is -0.00145. The van der Waals surface area contributed by atoms with Gasteiger partial charge in [0.25, 0.3) is 0 Å². The molecule has 1 nitrogen and oxygen atoms in total. The van der Waals surface area contributed by atoms with Gasteiger partial charge in [-0.05, 0) is 105 Å². The van der Waals surface area contributed by atoms with E-state index < -0.39 is 0 Å². The molecular formula is C56H49NS. The Kier molecular flexibility index (Phi) is 9.46. The van der Waals surface area contributed by atoms with Crippen LogP contribution in [0.4, 0.5) is 17.1 Å². The first-order valence-electron chi connectivity index (χ1n) is 21.0. The van der Waals surface area contributed by atoms with Crippen LogP contribution in [0.1, 0.15) is 69.9 Å². The van der Waals surface area contributed by atoms with Gasteiger partial charge in [-0.15, -0.1) is 11.3 Å². The molecule has 0 radical (unpaired) electrons. The van der Waals surface area contributed by atoms with E-state index in [9.17, 15) is 0 Å². The molecule has 1 saturated carbocycles. The van der Waals surface area contributed by atoms with E-state index in [1.54, 1.807) is 0 Å². The lowest BCUT2D eigenvalue weighted by molar-refractivity contribution is 0.445. The van der Waals surface area contributed by atoms with Crippen LogP contribution in [-0.4, -0.2) is 0 Å². The number of fused-ring (bicyclic) bond motifs is 4. The molecule has 2 heteroatoms. The summed E-state index contributed by atoms with van der Waals surface area (Å²) >= 11 is 1.89. The van der Waals surface area contributed by atoms with Gasteiger partial charge in [-0.3, -0.25) is 0 Å². The molecule has 10 rings (SSSR count). The zero-order chi connectivity index (χ0) is 39.2. The van der Waals surface area contributed by atoms with E-state index in [-0.39, 0.29) is 5.41 Å². The van der Waals surface area contributed by atoms with Gasteiger partial charge >= 0.3 is 0 Å². The van der Waals surface area contributed by atoms with Crippen LogP contribution in [0.25, 0.3) is 64.3 Å². The first-order valence-corrected chi connectivity index (χ1v) is 21.9. The molecule has 0 saturated heterocycles. The minimum Gasteiger partial charge on any atom is -0.309 e. The molecule has 0 spiro atoms. The fraction of sp³-hybridized carbons (Fsp3) is 0.179. The highest BCUT2D eigenvalue weighted by Crippen LogP contribution is 2.49. The van der Waals surface area contributed by atoms with Crippen molar-refractivity contribution in [2.24, 2.45) is 0 Å². The van der Waals surface area contributed by atoms with E-state index in [4.69, 9.17) is 0 Å². The number of rotatable bonds is 7. The fourth-order valence-electron chi connectivity index (χ4n) is 9.46. The molecule has 9 aromatic rings. The van der Waals surface area contributed by atoms with Crippen molar-refractivity contribution >= 4 is 59.3 Å². The predicted octanol–water partition coefficient (Wildman–Crippen LogP) is 17.0. The Morgan fingerprint density at radius 1 is 0.500 bits per heavy atom. The van der Waals surface area contributed by atoms with Crippen molar-refractivity contribution in [3.8, 4) is 33.4 Å². The molecule has 1 aliphatic rings. The summed E-state index contributed by atoms with van der Waals surface area (Å²) in [4.78, 5) is 2.52. The van der Waals surface area contributed by atoms with Crippen LogP contribution in [0.5, 0.6) is 0 Å². The molecule has 0 bridgehead atoms. The van der Waals surface area contributed by atoms with Crippen LogP contribution < -0.4 is 4.90 Å². The van der Waals surface area contributed by atoms with Crippen molar-refractivity contribution in [1.82, 2.24) is 0 Å². The standard InChI is InChI=1S/C56H49NS/c1-56(2,3)42-33-36-52(50(37-42)39-19-8-5-9-20-39)57(43-34-31-40(32-35-43)45-26-16-28-49-47-24-11-13-30-53(47)58-55(45)49)51-29-12-10-23-46(51)48-27-15-22-41-21-14-25-44(54(41)48)38-17-6-4-7-18-38/h5,8-16,19-38H,4,6-7,17-18H2,1-3H3. The maximum absolute atomic E-state index is 2.52. The summed E-state index contributed by atoms with van der Waals surface area (Å²) < 4.78 is 2.67. The number of anilines is 3. The number of nitrogens with zero attached hydrogens (tertiary/aromatic N) is 1. The van der Waals surface area contributed by atoms with Crippen molar-refractivity contribution in [1.29, 1.82) is 0 Å². The summed E-state index contributed by atoms with van der Waals surface area (Å²) in [5.74, 6) is 0.592. The first kappa shape index (κ1) is 36.4. The van der Waals surface area contributed by atoms with Gasteiger partial charge in [0, 0.05) is 37.0 Å². The highest BCUT2D eigenvalue weighted by Gasteiger charge is 2.25. The third-order valence-corrected chi connectivity index (χ3v) is 13.7. The first-order chi connectivity index (χ1) is 28.4. The highest BCUT2D eigenvalue weighted by molar-refractivity contribution is 7.26. The molecule has 0 unspecified atom stereocenters. The van der Waals surface area contributed by atoms with Gasteiger partial charge in [0.15, 0.2) is 0 Å². The van der Waals surface area contributed by atoms with Crippen LogP contribution in [0, 0.1) is 0 Å². The zero-order valence-corrected chi connectivity index (χ0v) is 34.5. The number of thiophene rings is 1. The van der Waals surface area contributed by atoms with Crippen LogP contribution in [-0.2, 0) is 5.41 Å². The van der Waals surface area contributed by atoms with Gasteiger partial charge in [-0.1, -0.05) is 180 Å². The summed E-state index contributed by atoms with van der Waals surface area (Å²) in [6.45, 7) is 6.93. The largest absolute Gasteiger partial charge is 0.309 e. The SMILES string of the molecule is CC(C)(C)c1ccc(N(c2ccc(-c3cccc4c3sc3ccccc34)cc2)c2ccccc2-c2cccc3cccc(C4CCCCC4)c23)c(-c2ccccc2)c1. The molecule has 1 heterocycles. The number of hydrogen-bond donors (Lipinski definition) is 0.